The molecule has 1 aromatic carbocycles. The van der Waals surface area contributed by atoms with Crippen LogP contribution in [-0.4, -0.2) is 18.6 Å². The Bertz CT molecular complexity index is 461. The minimum atomic E-state index is -0.355. The predicted octanol–water partition coefficient (Wildman–Crippen LogP) is 2.09. The summed E-state index contributed by atoms with van der Waals surface area (Å²) in [5, 5.41) is 4.10. The minimum absolute atomic E-state index is 0.285. The zero-order chi connectivity index (χ0) is 13.8. The van der Waals surface area contributed by atoms with Crippen LogP contribution in [0.1, 0.15) is 25.3 Å². The van der Waals surface area contributed by atoms with Crippen molar-refractivity contribution in [1.29, 1.82) is 0 Å². The van der Waals surface area contributed by atoms with Crippen molar-refractivity contribution in [2.24, 2.45) is 11.7 Å². The molecule has 2 rings (SSSR count). The second kappa shape index (κ2) is 6.26. The summed E-state index contributed by atoms with van der Waals surface area (Å²) in [6, 6.07) is 6.13. The van der Waals surface area contributed by atoms with Crippen LogP contribution in [0.5, 0.6) is 5.75 Å². The summed E-state index contributed by atoms with van der Waals surface area (Å²) in [6.45, 7) is 2.76. The zero-order valence-corrected chi connectivity index (χ0v) is 11.7. The lowest BCUT2D eigenvalue weighted by atomic mass is 10.1. The van der Waals surface area contributed by atoms with E-state index < -0.39 is 0 Å². The zero-order valence-electron chi connectivity index (χ0n) is 11.0. The fourth-order valence-electron chi connectivity index (χ4n) is 1.67. The van der Waals surface area contributed by atoms with Gasteiger partial charge < -0.3 is 15.8 Å². The third kappa shape index (κ3) is 4.40. The summed E-state index contributed by atoms with van der Waals surface area (Å²) in [4.78, 5) is 11.0. The smallest absolute Gasteiger partial charge is 0.223 e. The first-order chi connectivity index (χ1) is 9.06. The third-order valence-electron chi connectivity index (χ3n) is 3.16. The summed E-state index contributed by atoms with van der Waals surface area (Å²) in [7, 11) is 0. The first kappa shape index (κ1) is 14.2. The molecule has 4 nitrogen and oxygen atoms in total. The Kier molecular flexibility index (Phi) is 4.66. The van der Waals surface area contributed by atoms with Gasteiger partial charge >= 0.3 is 0 Å². The summed E-state index contributed by atoms with van der Waals surface area (Å²) in [6.07, 6.45) is 2.46. The second-order valence-corrected chi connectivity index (χ2v) is 5.46. The highest BCUT2D eigenvalue weighted by Gasteiger charge is 2.21. The first-order valence-corrected chi connectivity index (χ1v) is 6.88. The Hall–Kier alpha value is -1.26. The molecule has 1 amide bonds. The molecule has 104 valence electrons. The Morgan fingerprint density at radius 2 is 2.32 bits per heavy atom. The van der Waals surface area contributed by atoms with Gasteiger partial charge in [0.05, 0.1) is 12.5 Å². The summed E-state index contributed by atoms with van der Waals surface area (Å²) < 4.78 is 5.67. The summed E-state index contributed by atoms with van der Waals surface area (Å²) in [5.41, 5.74) is 6.23. The number of hydrogen-bond donors (Lipinski definition) is 2. The van der Waals surface area contributed by atoms with E-state index >= 15 is 0 Å². The van der Waals surface area contributed by atoms with Crippen LogP contribution < -0.4 is 15.8 Å². The van der Waals surface area contributed by atoms with Gasteiger partial charge in [-0.1, -0.05) is 18.5 Å². The molecule has 19 heavy (non-hydrogen) atoms. The van der Waals surface area contributed by atoms with Crippen LogP contribution in [-0.2, 0) is 11.3 Å². The van der Waals surface area contributed by atoms with Crippen LogP contribution in [0, 0.1) is 5.92 Å². The normalized spacial score (nSPS) is 16.1. The van der Waals surface area contributed by atoms with E-state index in [0.717, 1.165) is 17.9 Å². The summed E-state index contributed by atoms with van der Waals surface area (Å²) in [5.74, 6) is 0.0946. The number of rotatable bonds is 7. The molecule has 0 bridgehead atoms. The minimum Gasteiger partial charge on any atom is -0.492 e. The number of benzene rings is 1. The average Bonchev–Trinajstić information content (AvgIpc) is 3.18. The van der Waals surface area contributed by atoms with Crippen molar-refractivity contribution in [2.75, 3.05) is 6.61 Å². The van der Waals surface area contributed by atoms with Crippen molar-refractivity contribution < 1.29 is 9.53 Å². The lowest BCUT2D eigenvalue weighted by Crippen LogP contribution is -2.26. The first-order valence-electron chi connectivity index (χ1n) is 6.50. The Morgan fingerprint density at radius 3 is 2.95 bits per heavy atom. The summed E-state index contributed by atoms with van der Waals surface area (Å²) >= 11 is 6.00. The number of carbonyl (C=O) groups excluding carboxylic acids is 1. The SMILES string of the molecule is CC(COc1ccc(Cl)cc1CNC1CC1)C(N)=O. The van der Waals surface area contributed by atoms with Gasteiger partial charge in [0.2, 0.25) is 5.91 Å². The Labute approximate surface area is 118 Å². The van der Waals surface area contributed by atoms with E-state index in [1.165, 1.54) is 12.8 Å². The van der Waals surface area contributed by atoms with E-state index in [1.807, 2.05) is 12.1 Å². The molecule has 0 saturated heterocycles. The van der Waals surface area contributed by atoms with E-state index in [9.17, 15) is 4.79 Å². The molecule has 0 aromatic heterocycles. The molecule has 1 atom stereocenters. The number of ether oxygens (including phenoxy) is 1. The molecule has 0 radical (unpaired) electrons. The molecule has 3 N–H and O–H groups in total. The molecule has 1 unspecified atom stereocenters. The molecule has 5 heteroatoms. The van der Waals surface area contributed by atoms with Crippen molar-refractivity contribution in [1.82, 2.24) is 5.32 Å². The largest absolute Gasteiger partial charge is 0.492 e. The number of amides is 1. The van der Waals surface area contributed by atoms with Crippen LogP contribution in [0.3, 0.4) is 0 Å². The standard InChI is InChI=1S/C14H19ClN2O2/c1-9(14(16)18)8-19-13-5-2-11(15)6-10(13)7-17-12-3-4-12/h2,5-6,9,12,17H,3-4,7-8H2,1H3,(H2,16,18). The van der Waals surface area contributed by atoms with Gasteiger partial charge in [0, 0.05) is 23.2 Å². The predicted molar refractivity (Wildman–Crippen MR) is 75.2 cm³/mol. The topological polar surface area (TPSA) is 64.3 Å². The van der Waals surface area contributed by atoms with E-state index in [0.29, 0.717) is 11.1 Å². The molecule has 1 aliphatic carbocycles. The Morgan fingerprint density at radius 1 is 1.58 bits per heavy atom. The van der Waals surface area contributed by atoms with Gasteiger partial charge in [0.25, 0.3) is 0 Å². The van der Waals surface area contributed by atoms with Crippen LogP contribution in [0.25, 0.3) is 0 Å². The van der Waals surface area contributed by atoms with E-state index in [1.54, 1.807) is 13.0 Å². The molecule has 1 aromatic rings. The van der Waals surface area contributed by atoms with Gasteiger partial charge in [0.15, 0.2) is 0 Å². The van der Waals surface area contributed by atoms with Crippen molar-refractivity contribution in [3.05, 3.63) is 28.8 Å². The van der Waals surface area contributed by atoms with Crippen LogP contribution in [0.4, 0.5) is 0 Å². The van der Waals surface area contributed by atoms with Gasteiger partial charge in [-0.2, -0.15) is 0 Å². The number of nitrogens with one attached hydrogen (secondary N) is 1. The van der Waals surface area contributed by atoms with Crippen LogP contribution in [0.2, 0.25) is 5.02 Å². The number of hydrogen-bond acceptors (Lipinski definition) is 3. The second-order valence-electron chi connectivity index (χ2n) is 5.02. The molecule has 0 aliphatic heterocycles. The van der Waals surface area contributed by atoms with Gasteiger partial charge in [-0.05, 0) is 31.0 Å². The van der Waals surface area contributed by atoms with Crippen molar-refractivity contribution in [3.8, 4) is 5.75 Å². The average molecular weight is 283 g/mol. The number of primary amides is 1. The van der Waals surface area contributed by atoms with Crippen molar-refractivity contribution in [2.45, 2.75) is 32.4 Å². The molecular weight excluding hydrogens is 264 g/mol. The highest BCUT2D eigenvalue weighted by Crippen LogP contribution is 2.25. The van der Waals surface area contributed by atoms with Gasteiger partial charge in [0.1, 0.15) is 5.75 Å². The fourth-order valence-corrected chi connectivity index (χ4v) is 1.86. The number of carbonyl (C=O) groups is 1. The molecule has 0 spiro atoms. The van der Waals surface area contributed by atoms with Gasteiger partial charge in [-0.25, -0.2) is 0 Å². The highest BCUT2D eigenvalue weighted by atomic mass is 35.5. The van der Waals surface area contributed by atoms with Gasteiger partial charge in [-0.15, -0.1) is 0 Å². The van der Waals surface area contributed by atoms with Gasteiger partial charge in [-0.3, -0.25) is 4.79 Å². The highest BCUT2D eigenvalue weighted by molar-refractivity contribution is 6.30. The molecule has 0 heterocycles. The van der Waals surface area contributed by atoms with E-state index in [2.05, 4.69) is 5.32 Å². The molecule has 1 fully saturated rings. The van der Waals surface area contributed by atoms with Crippen LogP contribution >= 0.6 is 11.6 Å². The maximum Gasteiger partial charge on any atom is 0.223 e. The quantitative estimate of drug-likeness (QED) is 0.805. The number of halogens is 1. The Balaban J connectivity index is 1.98. The van der Waals surface area contributed by atoms with E-state index in [-0.39, 0.29) is 18.4 Å². The molecular formula is C14H19ClN2O2. The fraction of sp³-hybridized carbons (Fsp3) is 0.500. The van der Waals surface area contributed by atoms with Crippen molar-refractivity contribution in [3.63, 3.8) is 0 Å². The van der Waals surface area contributed by atoms with Crippen LogP contribution in [0.15, 0.2) is 18.2 Å². The third-order valence-corrected chi connectivity index (χ3v) is 3.39. The lowest BCUT2D eigenvalue weighted by Gasteiger charge is -2.14. The number of nitrogens with two attached hydrogens (primary N) is 1. The monoisotopic (exact) mass is 282 g/mol. The molecule has 1 saturated carbocycles. The molecule has 1 aliphatic rings. The van der Waals surface area contributed by atoms with Crippen molar-refractivity contribution >= 4 is 17.5 Å². The lowest BCUT2D eigenvalue weighted by molar-refractivity contribution is -0.122. The maximum atomic E-state index is 11.0. The maximum absolute atomic E-state index is 11.0. The van der Waals surface area contributed by atoms with E-state index in [4.69, 9.17) is 22.1 Å².